The molecule has 2 amide bonds. The van der Waals surface area contributed by atoms with Crippen LogP contribution in [0.1, 0.15) is 55.3 Å². The molecule has 2 saturated carbocycles. The summed E-state index contributed by atoms with van der Waals surface area (Å²) in [6, 6.07) is 6.93. The number of hydrogen-bond donors (Lipinski definition) is 1. The Kier molecular flexibility index (Phi) is 4.69. The number of benzene rings is 1. The van der Waals surface area contributed by atoms with E-state index in [9.17, 15) is 9.59 Å². The van der Waals surface area contributed by atoms with Crippen molar-refractivity contribution in [2.24, 2.45) is 23.5 Å². The van der Waals surface area contributed by atoms with Crippen LogP contribution in [0.4, 0.5) is 5.69 Å². The fourth-order valence-corrected chi connectivity index (χ4v) is 4.00. The molecule has 2 aliphatic rings. The van der Waals surface area contributed by atoms with Crippen molar-refractivity contribution in [3.05, 3.63) is 29.8 Å². The summed E-state index contributed by atoms with van der Waals surface area (Å²) in [5, 5.41) is 0. The highest BCUT2D eigenvalue weighted by molar-refractivity contribution is 5.96. The number of carbonyl (C=O) groups is 2. The lowest BCUT2D eigenvalue weighted by Crippen LogP contribution is -2.36. The van der Waals surface area contributed by atoms with E-state index >= 15 is 0 Å². The molecule has 0 aromatic heterocycles. The van der Waals surface area contributed by atoms with Crippen LogP contribution in [-0.2, 0) is 4.79 Å². The van der Waals surface area contributed by atoms with Gasteiger partial charge in [-0.25, -0.2) is 0 Å². The molecule has 2 N–H and O–H groups in total. The van der Waals surface area contributed by atoms with Crippen LogP contribution in [0.2, 0.25) is 0 Å². The zero-order valence-corrected chi connectivity index (χ0v) is 13.8. The standard InChI is InChI=1S/C19H26N2O2/c1-21(17-11-9-15(10-12-17)18(20)22)19(23)16-7-5-14(6-8-16)13-3-2-4-13/h9-14,16H,2-8H2,1H3,(H2,20,22). The normalized spacial score (nSPS) is 24.7. The first-order chi connectivity index (χ1) is 11.1. The van der Waals surface area contributed by atoms with E-state index in [4.69, 9.17) is 5.73 Å². The van der Waals surface area contributed by atoms with E-state index in [1.807, 2.05) is 7.05 Å². The van der Waals surface area contributed by atoms with Crippen molar-refractivity contribution in [1.82, 2.24) is 0 Å². The number of rotatable bonds is 4. The summed E-state index contributed by atoms with van der Waals surface area (Å²) >= 11 is 0. The largest absolute Gasteiger partial charge is 0.366 e. The van der Waals surface area contributed by atoms with Gasteiger partial charge in [-0.1, -0.05) is 19.3 Å². The number of carbonyl (C=O) groups excluding carboxylic acids is 2. The molecule has 1 aromatic rings. The van der Waals surface area contributed by atoms with Crippen LogP contribution in [-0.4, -0.2) is 18.9 Å². The Morgan fingerprint density at radius 3 is 2.00 bits per heavy atom. The van der Waals surface area contributed by atoms with Crippen LogP contribution < -0.4 is 10.6 Å². The molecule has 2 aliphatic carbocycles. The minimum Gasteiger partial charge on any atom is -0.366 e. The van der Waals surface area contributed by atoms with Gasteiger partial charge in [-0.05, 0) is 61.8 Å². The maximum absolute atomic E-state index is 12.7. The average molecular weight is 314 g/mol. The number of anilines is 1. The van der Waals surface area contributed by atoms with Crippen molar-refractivity contribution >= 4 is 17.5 Å². The van der Waals surface area contributed by atoms with E-state index in [-0.39, 0.29) is 11.8 Å². The first-order valence-corrected chi connectivity index (χ1v) is 8.73. The van der Waals surface area contributed by atoms with Gasteiger partial charge in [0.25, 0.3) is 0 Å². The van der Waals surface area contributed by atoms with Gasteiger partial charge in [-0.3, -0.25) is 9.59 Å². The molecule has 0 aliphatic heterocycles. The van der Waals surface area contributed by atoms with E-state index in [0.29, 0.717) is 5.56 Å². The molecular formula is C19H26N2O2. The Morgan fingerprint density at radius 2 is 1.52 bits per heavy atom. The molecule has 0 heterocycles. The SMILES string of the molecule is CN(C(=O)C1CCC(C2CCC2)CC1)c1ccc(C(N)=O)cc1. The van der Waals surface area contributed by atoms with E-state index in [1.165, 1.54) is 32.1 Å². The maximum Gasteiger partial charge on any atom is 0.248 e. The van der Waals surface area contributed by atoms with Gasteiger partial charge in [0.05, 0.1) is 0 Å². The molecule has 1 aromatic carbocycles. The molecule has 4 nitrogen and oxygen atoms in total. The highest BCUT2D eigenvalue weighted by Gasteiger charge is 2.34. The average Bonchev–Trinajstić information content (AvgIpc) is 2.53. The monoisotopic (exact) mass is 314 g/mol. The van der Waals surface area contributed by atoms with Crippen molar-refractivity contribution in [1.29, 1.82) is 0 Å². The lowest BCUT2D eigenvalue weighted by Gasteiger charge is -2.38. The van der Waals surface area contributed by atoms with Crippen molar-refractivity contribution in [2.75, 3.05) is 11.9 Å². The first kappa shape index (κ1) is 16.0. The third kappa shape index (κ3) is 3.41. The molecule has 0 atom stereocenters. The van der Waals surface area contributed by atoms with Gasteiger partial charge in [0.15, 0.2) is 0 Å². The van der Waals surface area contributed by atoms with Crippen LogP contribution in [0, 0.1) is 17.8 Å². The predicted octanol–water partition coefficient (Wildman–Crippen LogP) is 3.35. The highest BCUT2D eigenvalue weighted by atomic mass is 16.2. The summed E-state index contributed by atoms with van der Waals surface area (Å²) in [5.41, 5.74) is 6.54. The smallest absolute Gasteiger partial charge is 0.248 e. The number of hydrogen-bond acceptors (Lipinski definition) is 2. The van der Waals surface area contributed by atoms with E-state index in [2.05, 4.69) is 0 Å². The zero-order chi connectivity index (χ0) is 16.4. The molecule has 0 spiro atoms. The molecule has 0 saturated heterocycles. The topological polar surface area (TPSA) is 63.4 Å². The van der Waals surface area contributed by atoms with E-state index in [0.717, 1.165) is 30.4 Å². The van der Waals surface area contributed by atoms with Crippen LogP contribution in [0.3, 0.4) is 0 Å². The van der Waals surface area contributed by atoms with Crippen molar-refractivity contribution in [2.45, 2.75) is 44.9 Å². The maximum atomic E-state index is 12.7. The van der Waals surface area contributed by atoms with Crippen LogP contribution in [0.15, 0.2) is 24.3 Å². The fraction of sp³-hybridized carbons (Fsp3) is 0.579. The zero-order valence-electron chi connectivity index (χ0n) is 13.8. The number of primary amides is 1. The number of amides is 2. The quantitative estimate of drug-likeness (QED) is 0.926. The summed E-state index contributed by atoms with van der Waals surface area (Å²) in [5.74, 6) is 1.69. The van der Waals surface area contributed by atoms with Gasteiger partial charge in [-0.15, -0.1) is 0 Å². The van der Waals surface area contributed by atoms with E-state index in [1.54, 1.807) is 29.2 Å². The molecule has 4 heteroatoms. The Bertz CT molecular complexity index is 570. The molecule has 124 valence electrons. The van der Waals surface area contributed by atoms with Crippen LogP contribution >= 0.6 is 0 Å². The summed E-state index contributed by atoms with van der Waals surface area (Å²) < 4.78 is 0. The van der Waals surface area contributed by atoms with Gasteiger partial charge in [0.2, 0.25) is 11.8 Å². The Balaban J connectivity index is 1.58. The van der Waals surface area contributed by atoms with Gasteiger partial charge >= 0.3 is 0 Å². The highest BCUT2D eigenvalue weighted by Crippen LogP contribution is 2.42. The van der Waals surface area contributed by atoms with Crippen molar-refractivity contribution in [3.63, 3.8) is 0 Å². The minimum atomic E-state index is -0.445. The summed E-state index contributed by atoms with van der Waals surface area (Å²) in [6.07, 6.45) is 8.64. The Labute approximate surface area is 138 Å². The molecule has 0 bridgehead atoms. The lowest BCUT2D eigenvalue weighted by atomic mass is 9.68. The van der Waals surface area contributed by atoms with Gasteiger partial charge in [0, 0.05) is 24.2 Å². The van der Waals surface area contributed by atoms with Crippen molar-refractivity contribution in [3.8, 4) is 0 Å². The van der Waals surface area contributed by atoms with Gasteiger partial charge in [0.1, 0.15) is 0 Å². The summed E-state index contributed by atoms with van der Waals surface area (Å²) in [4.78, 5) is 25.6. The lowest BCUT2D eigenvalue weighted by molar-refractivity contribution is -0.123. The summed E-state index contributed by atoms with van der Waals surface area (Å²) in [7, 11) is 1.82. The second kappa shape index (κ2) is 6.73. The van der Waals surface area contributed by atoms with Crippen molar-refractivity contribution < 1.29 is 9.59 Å². The van der Waals surface area contributed by atoms with Crippen LogP contribution in [0.25, 0.3) is 0 Å². The van der Waals surface area contributed by atoms with Gasteiger partial charge in [-0.2, -0.15) is 0 Å². The first-order valence-electron chi connectivity index (χ1n) is 8.73. The molecule has 0 radical (unpaired) electrons. The predicted molar refractivity (Wildman–Crippen MR) is 91.2 cm³/mol. The molecule has 0 unspecified atom stereocenters. The van der Waals surface area contributed by atoms with E-state index < -0.39 is 5.91 Å². The van der Waals surface area contributed by atoms with Crippen LogP contribution in [0.5, 0.6) is 0 Å². The Hall–Kier alpha value is -1.84. The molecular weight excluding hydrogens is 288 g/mol. The Morgan fingerprint density at radius 1 is 0.957 bits per heavy atom. The third-order valence-electron chi connectivity index (χ3n) is 5.81. The molecule has 2 fully saturated rings. The number of nitrogens with two attached hydrogens (primary N) is 1. The molecule has 23 heavy (non-hydrogen) atoms. The summed E-state index contributed by atoms with van der Waals surface area (Å²) in [6.45, 7) is 0. The van der Waals surface area contributed by atoms with Gasteiger partial charge < -0.3 is 10.6 Å². The second-order valence-corrected chi connectivity index (χ2v) is 7.11. The second-order valence-electron chi connectivity index (χ2n) is 7.11. The fourth-order valence-electron chi connectivity index (χ4n) is 4.00. The third-order valence-corrected chi connectivity index (χ3v) is 5.81. The molecule has 3 rings (SSSR count). The minimum absolute atomic E-state index is 0.146. The number of nitrogens with zero attached hydrogens (tertiary/aromatic N) is 1.